The molecule has 1 aromatic heterocycles. The zero-order valence-electron chi connectivity index (χ0n) is 12.4. The van der Waals surface area contributed by atoms with E-state index in [-0.39, 0.29) is 12.4 Å². The Labute approximate surface area is 133 Å². The van der Waals surface area contributed by atoms with Crippen LogP contribution in [0.25, 0.3) is 0 Å². The highest BCUT2D eigenvalue weighted by Crippen LogP contribution is 2.44. The second kappa shape index (κ2) is 6.23. The molecular weight excluding hydrogens is 280 g/mol. The second-order valence-corrected chi connectivity index (χ2v) is 6.45. The topological polar surface area (TPSA) is 17.8 Å². The molecule has 0 radical (unpaired) electrons. The van der Waals surface area contributed by atoms with Crippen molar-refractivity contribution in [3.63, 3.8) is 0 Å². The van der Waals surface area contributed by atoms with Crippen LogP contribution in [0.1, 0.15) is 38.5 Å². The summed E-state index contributed by atoms with van der Waals surface area (Å²) >= 11 is 0. The van der Waals surface area contributed by atoms with Crippen molar-refractivity contribution in [3.8, 4) is 0 Å². The van der Waals surface area contributed by atoms with E-state index in [4.69, 9.17) is 0 Å². The van der Waals surface area contributed by atoms with E-state index in [0.29, 0.717) is 5.92 Å². The molecule has 1 heterocycles. The zero-order chi connectivity index (χ0) is 13.4. The largest absolute Gasteiger partial charge is 0.337 e. The molecule has 0 N–H and O–H groups in total. The van der Waals surface area contributed by atoms with Gasteiger partial charge in [0, 0.05) is 24.9 Å². The fourth-order valence-corrected chi connectivity index (χ4v) is 4.23. The molecule has 0 aliphatic heterocycles. The lowest BCUT2D eigenvalue weighted by molar-refractivity contribution is 0.373. The van der Waals surface area contributed by atoms with Gasteiger partial charge in [-0.2, -0.15) is 0 Å². The van der Waals surface area contributed by atoms with Gasteiger partial charge < -0.3 is 4.57 Å². The molecule has 112 valence electrons. The van der Waals surface area contributed by atoms with Crippen LogP contribution in [0.4, 0.5) is 0 Å². The molecule has 0 saturated heterocycles. The number of aromatic nitrogens is 2. The van der Waals surface area contributed by atoms with E-state index in [1.807, 2.05) is 12.5 Å². The summed E-state index contributed by atoms with van der Waals surface area (Å²) in [6, 6.07) is 0. The monoisotopic (exact) mass is 302 g/mol. The molecule has 0 unspecified atom stereocenters. The summed E-state index contributed by atoms with van der Waals surface area (Å²) in [5.41, 5.74) is 5.14. The van der Waals surface area contributed by atoms with Gasteiger partial charge in [0.15, 0.2) is 0 Å². The highest BCUT2D eigenvalue weighted by atomic mass is 35.5. The molecule has 3 aliphatic rings. The fourth-order valence-electron chi connectivity index (χ4n) is 4.23. The molecule has 4 rings (SSSR count). The summed E-state index contributed by atoms with van der Waals surface area (Å²) in [7, 11) is 0. The lowest BCUT2D eigenvalue weighted by Gasteiger charge is -2.29. The normalized spacial score (nSPS) is 27.5. The molecule has 0 spiro atoms. The molecule has 21 heavy (non-hydrogen) atoms. The molecule has 1 aromatic rings. The van der Waals surface area contributed by atoms with Crippen molar-refractivity contribution < 1.29 is 0 Å². The van der Waals surface area contributed by atoms with Gasteiger partial charge in [0.1, 0.15) is 0 Å². The quantitative estimate of drug-likeness (QED) is 0.774. The standard InChI is InChI=1S/C18H22N2.ClH/c1-3-15-4-2-6-17-11-14(12-20-10-9-19-13-20)7-8-16(5-1)18(15)17;/h2,4,6,9-10,13-14,17H,1,3,5,7-8,11-12H2;1H/t14-,17+;/m0./s1. The SMILES string of the molecule is C1=C[C@@H]2C[C@@H](Cn3ccnc3)CCC3=C2C(=C1)CCC3.Cl. The maximum Gasteiger partial charge on any atom is 0.0945 e. The smallest absolute Gasteiger partial charge is 0.0945 e. The number of imidazole rings is 1. The van der Waals surface area contributed by atoms with E-state index in [1.54, 1.807) is 16.7 Å². The van der Waals surface area contributed by atoms with Gasteiger partial charge in [-0.3, -0.25) is 0 Å². The average Bonchev–Trinajstić information content (AvgIpc) is 2.91. The van der Waals surface area contributed by atoms with Crippen molar-refractivity contribution >= 4 is 12.4 Å². The van der Waals surface area contributed by atoms with Crippen LogP contribution in [0.15, 0.2) is 53.7 Å². The molecule has 3 heteroatoms. The van der Waals surface area contributed by atoms with Gasteiger partial charge in [0.25, 0.3) is 0 Å². The number of hydrogen-bond donors (Lipinski definition) is 0. The Kier molecular flexibility index (Phi) is 4.34. The number of allylic oxidation sites excluding steroid dienone is 6. The Balaban J connectivity index is 0.00000132. The Morgan fingerprint density at radius 1 is 1.24 bits per heavy atom. The highest BCUT2D eigenvalue weighted by Gasteiger charge is 2.30. The minimum absolute atomic E-state index is 0. The van der Waals surface area contributed by atoms with Crippen LogP contribution >= 0.6 is 12.4 Å². The second-order valence-electron chi connectivity index (χ2n) is 6.45. The van der Waals surface area contributed by atoms with Crippen LogP contribution in [0.5, 0.6) is 0 Å². The van der Waals surface area contributed by atoms with Crippen molar-refractivity contribution in [2.75, 3.05) is 0 Å². The summed E-state index contributed by atoms with van der Waals surface area (Å²) in [5.74, 6) is 1.46. The summed E-state index contributed by atoms with van der Waals surface area (Å²) in [4.78, 5) is 4.18. The lowest BCUT2D eigenvalue weighted by Crippen LogP contribution is -2.16. The summed E-state index contributed by atoms with van der Waals surface area (Å²) < 4.78 is 2.25. The Hall–Kier alpha value is -1.28. The molecule has 0 fully saturated rings. The molecule has 0 bridgehead atoms. The van der Waals surface area contributed by atoms with Gasteiger partial charge in [0.05, 0.1) is 6.33 Å². The van der Waals surface area contributed by atoms with Crippen molar-refractivity contribution in [3.05, 3.63) is 53.7 Å². The predicted octanol–water partition coefficient (Wildman–Crippen LogP) is 4.70. The van der Waals surface area contributed by atoms with Crippen LogP contribution in [0.2, 0.25) is 0 Å². The molecular formula is C18H23ClN2. The number of hydrogen-bond acceptors (Lipinski definition) is 1. The molecule has 0 saturated carbocycles. The Bertz CT molecular complexity index is 580. The molecule has 0 aromatic carbocycles. The minimum Gasteiger partial charge on any atom is -0.337 e. The van der Waals surface area contributed by atoms with Gasteiger partial charge in [-0.25, -0.2) is 4.98 Å². The van der Waals surface area contributed by atoms with Crippen molar-refractivity contribution in [1.29, 1.82) is 0 Å². The third-order valence-electron chi connectivity index (χ3n) is 5.13. The summed E-state index contributed by atoms with van der Waals surface area (Å²) in [6.07, 6.45) is 21.0. The van der Waals surface area contributed by atoms with E-state index in [9.17, 15) is 0 Å². The van der Waals surface area contributed by atoms with Crippen LogP contribution < -0.4 is 0 Å². The van der Waals surface area contributed by atoms with E-state index >= 15 is 0 Å². The molecule has 3 aliphatic carbocycles. The van der Waals surface area contributed by atoms with Gasteiger partial charge >= 0.3 is 0 Å². The maximum absolute atomic E-state index is 4.18. The van der Waals surface area contributed by atoms with Crippen LogP contribution in [0.3, 0.4) is 0 Å². The van der Waals surface area contributed by atoms with Crippen LogP contribution in [-0.4, -0.2) is 9.55 Å². The first-order valence-corrected chi connectivity index (χ1v) is 7.95. The van der Waals surface area contributed by atoms with Gasteiger partial charge in [-0.15, -0.1) is 12.4 Å². The van der Waals surface area contributed by atoms with E-state index < -0.39 is 0 Å². The molecule has 2 nitrogen and oxygen atoms in total. The summed E-state index contributed by atoms with van der Waals surface area (Å²) in [5, 5.41) is 0. The van der Waals surface area contributed by atoms with Gasteiger partial charge in [0.2, 0.25) is 0 Å². The van der Waals surface area contributed by atoms with Crippen molar-refractivity contribution in [1.82, 2.24) is 9.55 Å². The van der Waals surface area contributed by atoms with Crippen molar-refractivity contribution in [2.24, 2.45) is 11.8 Å². The zero-order valence-corrected chi connectivity index (χ0v) is 13.2. The number of nitrogens with zero attached hydrogens (tertiary/aromatic N) is 2. The average molecular weight is 303 g/mol. The lowest BCUT2D eigenvalue weighted by atomic mass is 9.76. The maximum atomic E-state index is 4.18. The van der Waals surface area contributed by atoms with Crippen LogP contribution in [-0.2, 0) is 6.54 Å². The van der Waals surface area contributed by atoms with E-state index in [1.165, 1.54) is 38.5 Å². The molecule has 0 amide bonds. The number of rotatable bonds is 2. The molecule has 2 atom stereocenters. The van der Waals surface area contributed by atoms with E-state index in [0.717, 1.165) is 12.5 Å². The van der Waals surface area contributed by atoms with Crippen LogP contribution in [0, 0.1) is 11.8 Å². The third kappa shape index (κ3) is 2.87. The predicted molar refractivity (Wildman–Crippen MR) is 88.4 cm³/mol. The first-order chi connectivity index (χ1) is 9.90. The Morgan fingerprint density at radius 2 is 2.19 bits per heavy atom. The Morgan fingerprint density at radius 3 is 3.05 bits per heavy atom. The van der Waals surface area contributed by atoms with Gasteiger partial charge in [-0.05, 0) is 55.6 Å². The van der Waals surface area contributed by atoms with E-state index in [2.05, 4.69) is 34.0 Å². The minimum atomic E-state index is 0. The third-order valence-corrected chi connectivity index (χ3v) is 5.13. The highest BCUT2D eigenvalue weighted by molar-refractivity contribution is 5.85. The number of halogens is 1. The van der Waals surface area contributed by atoms with Gasteiger partial charge in [-0.1, -0.05) is 23.8 Å². The van der Waals surface area contributed by atoms with Crippen molar-refractivity contribution in [2.45, 2.75) is 45.1 Å². The summed E-state index contributed by atoms with van der Waals surface area (Å²) in [6.45, 7) is 1.13. The fraction of sp³-hybridized carbons (Fsp3) is 0.500. The first kappa shape index (κ1) is 14.6. The first-order valence-electron chi connectivity index (χ1n) is 7.95.